The predicted octanol–water partition coefficient (Wildman–Crippen LogP) is 1.18. The highest BCUT2D eigenvalue weighted by Gasteiger charge is 2.71. The van der Waals surface area contributed by atoms with Crippen molar-refractivity contribution in [1.82, 2.24) is 0 Å². The second-order valence-electron chi connectivity index (χ2n) is 13.6. The number of ether oxygens (including phenoxy) is 2. The molecule has 6 rings (SSSR count). The maximum atomic E-state index is 12.4. The summed E-state index contributed by atoms with van der Waals surface area (Å²) in [5, 5.41) is 66.2. The van der Waals surface area contributed by atoms with Crippen LogP contribution in [0.25, 0.3) is 0 Å². The molecule has 10 heteroatoms. The van der Waals surface area contributed by atoms with Crippen molar-refractivity contribution in [3.63, 3.8) is 0 Å². The Bertz CT molecular complexity index is 1140. The normalized spacial score (nSPS) is 52.5. The van der Waals surface area contributed by atoms with E-state index in [4.69, 9.17) is 13.9 Å². The minimum absolute atomic E-state index is 0.0519. The molecule has 2 heterocycles. The molecule has 0 spiro atoms. The molecule has 0 amide bonds. The van der Waals surface area contributed by atoms with Crippen LogP contribution in [0.5, 0.6) is 0 Å². The van der Waals surface area contributed by atoms with Gasteiger partial charge in [0.25, 0.3) is 0 Å². The first-order valence-electron chi connectivity index (χ1n) is 14.9. The Kier molecular flexibility index (Phi) is 7.07. The van der Waals surface area contributed by atoms with Crippen LogP contribution in [0, 0.1) is 22.7 Å². The summed E-state index contributed by atoms with van der Waals surface area (Å²) in [5.74, 6) is -0.106. The van der Waals surface area contributed by atoms with Crippen molar-refractivity contribution in [3.05, 3.63) is 34.4 Å². The van der Waals surface area contributed by atoms with E-state index in [0.29, 0.717) is 32.1 Å². The van der Waals surface area contributed by atoms with E-state index >= 15 is 0 Å². The van der Waals surface area contributed by atoms with Crippen LogP contribution in [0.1, 0.15) is 83.1 Å². The van der Waals surface area contributed by atoms with Crippen LogP contribution in [0.4, 0.5) is 0 Å². The number of aliphatic hydroxyl groups is 6. The predicted molar refractivity (Wildman–Crippen MR) is 141 cm³/mol. The van der Waals surface area contributed by atoms with Gasteiger partial charge < -0.3 is 44.5 Å². The molecule has 0 aromatic carbocycles. The Morgan fingerprint density at radius 1 is 0.950 bits per heavy atom. The molecule has 13 atom stereocenters. The molecular formula is C30H44O10. The second-order valence-corrected chi connectivity index (χ2v) is 13.6. The molecule has 4 aliphatic carbocycles. The van der Waals surface area contributed by atoms with Crippen LogP contribution in [-0.4, -0.2) is 85.3 Å². The van der Waals surface area contributed by atoms with Gasteiger partial charge in [-0.3, -0.25) is 0 Å². The van der Waals surface area contributed by atoms with E-state index in [1.54, 1.807) is 6.92 Å². The molecule has 5 aliphatic rings. The summed E-state index contributed by atoms with van der Waals surface area (Å²) in [5.41, 5.74) is -2.87. The number of fused-ring (bicyclic) bond motifs is 5. The van der Waals surface area contributed by atoms with Crippen molar-refractivity contribution in [3.8, 4) is 0 Å². The summed E-state index contributed by atoms with van der Waals surface area (Å²) in [6.07, 6.45) is 0.344. The van der Waals surface area contributed by atoms with Gasteiger partial charge in [-0.1, -0.05) is 6.92 Å². The molecule has 0 bridgehead atoms. The van der Waals surface area contributed by atoms with Crippen molar-refractivity contribution < 1.29 is 44.5 Å². The van der Waals surface area contributed by atoms with Crippen LogP contribution in [0.15, 0.2) is 27.6 Å². The summed E-state index contributed by atoms with van der Waals surface area (Å²) in [6.45, 7) is 3.55. The van der Waals surface area contributed by atoms with Gasteiger partial charge in [0.15, 0.2) is 6.29 Å². The Morgan fingerprint density at radius 3 is 2.40 bits per heavy atom. The maximum absolute atomic E-state index is 12.4. The van der Waals surface area contributed by atoms with Gasteiger partial charge in [0.2, 0.25) is 0 Å². The summed E-state index contributed by atoms with van der Waals surface area (Å²) in [7, 11) is 0. The van der Waals surface area contributed by atoms with E-state index in [-0.39, 0.29) is 30.8 Å². The topological polar surface area (TPSA) is 170 Å². The molecule has 5 fully saturated rings. The minimum atomic E-state index is -1.42. The highest BCUT2D eigenvalue weighted by molar-refractivity contribution is 5.28. The van der Waals surface area contributed by atoms with Crippen LogP contribution in [0.3, 0.4) is 0 Å². The molecule has 3 unspecified atom stereocenters. The van der Waals surface area contributed by atoms with Crippen LogP contribution >= 0.6 is 0 Å². The molecule has 1 aromatic heterocycles. The fourth-order valence-electron chi connectivity index (χ4n) is 9.85. The number of hydrogen-bond acceptors (Lipinski definition) is 10. The smallest absolute Gasteiger partial charge is 0.335 e. The molecule has 1 aliphatic heterocycles. The highest BCUT2D eigenvalue weighted by atomic mass is 16.7. The van der Waals surface area contributed by atoms with E-state index in [9.17, 15) is 35.4 Å². The Morgan fingerprint density at radius 2 is 1.70 bits per heavy atom. The molecule has 1 saturated heterocycles. The zero-order chi connectivity index (χ0) is 28.7. The Labute approximate surface area is 233 Å². The summed E-state index contributed by atoms with van der Waals surface area (Å²) < 4.78 is 16.9. The number of aliphatic hydroxyl groups excluding tert-OH is 4. The van der Waals surface area contributed by atoms with Gasteiger partial charge >= 0.3 is 5.63 Å². The lowest BCUT2D eigenvalue weighted by Gasteiger charge is -2.66. The SMILES string of the molecule is C[C@@H]1OC(OC2CC[C@]3(CO)C4CC[C@]5(C)[C@@H](c6ccc(=O)oc6)CC[C@]5(O)[C@@H]4CC[C@]3(O)C2)[C@@H](O)[C@H](O)[C@@H]1O. The molecule has 1 aromatic rings. The number of rotatable bonds is 4. The van der Waals surface area contributed by atoms with E-state index in [1.807, 2.05) is 6.07 Å². The van der Waals surface area contributed by atoms with E-state index in [0.717, 1.165) is 24.8 Å². The lowest BCUT2D eigenvalue weighted by Crippen LogP contribution is -2.69. The quantitative estimate of drug-likeness (QED) is 0.292. The molecule has 10 nitrogen and oxygen atoms in total. The lowest BCUT2D eigenvalue weighted by atomic mass is 9.41. The molecule has 40 heavy (non-hydrogen) atoms. The van der Waals surface area contributed by atoms with Crippen molar-refractivity contribution in [2.24, 2.45) is 22.7 Å². The van der Waals surface area contributed by atoms with Crippen LogP contribution < -0.4 is 5.63 Å². The fraction of sp³-hybridized carbons (Fsp3) is 0.833. The van der Waals surface area contributed by atoms with Gasteiger partial charge in [-0.05, 0) is 87.7 Å². The van der Waals surface area contributed by atoms with Crippen molar-refractivity contribution >= 4 is 0 Å². The van der Waals surface area contributed by atoms with Gasteiger partial charge in [0, 0.05) is 23.3 Å². The van der Waals surface area contributed by atoms with Gasteiger partial charge in [-0.2, -0.15) is 0 Å². The largest absolute Gasteiger partial charge is 0.431 e. The van der Waals surface area contributed by atoms with E-state index in [2.05, 4.69) is 6.92 Å². The third-order valence-electron chi connectivity index (χ3n) is 12.2. The van der Waals surface area contributed by atoms with E-state index < -0.39 is 64.5 Å². The first kappa shape index (κ1) is 28.7. The van der Waals surface area contributed by atoms with Crippen LogP contribution in [-0.2, 0) is 9.47 Å². The zero-order valence-corrected chi connectivity index (χ0v) is 23.3. The van der Waals surface area contributed by atoms with Gasteiger partial charge in [0.05, 0.1) is 36.3 Å². The zero-order valence-electron chi connectivity index (χ0n) is 23.3. The third-order valence-corrected chi connectivity index (χ3v) is 12.2. The lowest BCUT2D eigenvalue weighted by molar-refractivity contribution is -0.322. The van der Waals surface area contributed by atoms with Crippen molar-refractivity contribution in [1.29, 1.82) is 0 Å². The average Bonchev–Trinajstić information content (AvgIpc) is 3.21. The molecular weight excluding hydrogens is 520 g/mol. The van der Waals surface area contributed by atoms with Gasteiger partial charge in [-0.25, -0.2) is 4.79 Å². The molecule has 6 N–H and O–H groups in total. The van der Waals surface area contributed by atoms with Gasteiger partial charge in [0.1, 0.15) is 18.3 Å². The summed E-state index contributed by atoms with van der Waals surface area (Å²) >= 11 is 0. The average molecular weight is 565 g/mol. The summed E-state index contributed by atoms with van der Waals surface area (Å²) in [6, 6.07) is 3.24. The molecule has 224 valence electrons. The highest BCUT2D eigenvalue weighted by Crippen LogP contribution is 2.71. The van der Waals surface area contributed by atoms with Crippen molar-refractivity contribution in [2.75, 3.05) is 6.61 Å². The fourth-order valence-corrected chi connectivity index (χ4v) is 9.85. The summed E-state index contributed by atoms with van der Waals surface area (Å²) in [4.78, 5) is 11.6. The maximum Gasteiger partial charge on any atom is 0.335 e. The number of hydrogen-bond donors (Lipinski definition) is 6. The first-order valence-corrected chi connectivity index (χ1v) is 14.9. The first-order chi connectivity index (χ1) is 18.9. The molecule has 4 saturated carbocycles. The van der Waals surface area contributed by atoms with Crippen LogP contribution in [0.2, 0.25) is 0 Å². The standard InChI is InChI=1S/C30H44O10/c1-16-23(33)24(34)25(35)26(39-16)40-18-5-10-28(15-31)20-6-9-27(2)19(17-3-4-22(32)38-14-17)8-12-30(27,37)21(20)7-11-29(28,36)13-18/h3-4,14,16,18-21,23-26,31,33-37H,5-13,15H2,1-2H3/t16-,18?,19+,20?,21+,23+,24+,25-,26?,27+,28-,29-,30-/m0/s1. The second kappa shape index (κ2) is 9.84. The van der Waals surface area contributed by atoms with Crippen molar-refractivity contribution in [2.45, 2.75) is 126 Å². The monoisotopic (exact) mass is 564 g/mol. The third kappa shape index (κ3) is 3.94. The Hall–Kier alpha value is -1.37. The molecule has 0 radical (unpaired) electrons. The minimum Gasteiger partial charge on any atom is -0.431 e. The van der Waals surface area contributed by atoms with Gasteiger partial charge in [-0.15, -0.1) is 0 Å². The Balaban J connectivity index is 1.23. The van der Waals surface area contributed by atoms with E-state index in [1.165, 1.54) is 12.3 Å².